The maximum absolute atomic E-state index is 13.0. The van der Waals surface area contributed by atoms with Gasteiger partial charge in [-0.25, -0.2) is 4.99 Å². The molecule has 1 aliphatic carbocycles. The van der Waals surface area contributed by atoms with Gasteiger partial charge in [0.1, 0.15) is 41.8 Å². The second kappa shape index (κ2) is 15.6. The van der Waals surface area contributed by atoms with E-state index in [4.69, 9.17) is 53.3 Å². The number of aliphatic hydroxyl groups is 4. The molecule has 0 bridgehead atoms. The number of carbonyl (C=O) groups excluding carboxylic acids is 1. The molecule has 1 saturated heterocycles. The largest absolute Gasteiger partial charge is 0.466 e. The molecule has 44 heavy (non-hydrogen) atoms. The lowest BCUT2D eigenvalue weighted by atomic mass is 9.76. The highest BCUT2D eigenvalue weighted by molar-refractivity contribution is 5.83. The lowest BCUT2D eigenvalue weighted by molar-refractivity contribution is -0.308. The lowest BCUT2D eigenvalue weighted by Gasteiger charge is -2.48. The summed E-state index contributed by atoms with van der Waals surface area (Å²) in [7, 11) is 1.56. The summed E-state index contributed by atoms with van der Waals surface area (Å²) in [6.45, 7) is 1.42. The first-order chi connectivity index (χ1) is 20.7. The van der Waals surface area contributed by atoms with E-state index in [2.05, 4.69) is 15.3 Å². The van der Waals surface area contributed by atoms with Gasteiger partial charge in [-0.3, -0.25) is 9.79 Å². The van der Waals surface area contributed by atoms with Crippen LogP contribution in [0.5, 0.6) is 0 Å². The van der Waals surface area contributed by atoms with E-state index in [1.807, 2.05) is 0 Å². The van der Waals surface area contributed by atoms with Crippen LogP contribution < -0.4 is 39.7 Å². The number of Topliss-reactive ketones (excluding diaryl/α,β-unsaturated/α-hetero) is 1. The van der Waals surface area contributed by atoms with Crippen molar-refractivity contribution in [2.24, 2.45) is 50.3 Å². The van der Waals surface area contributed by atoms with Crippen molar-refractivity contribution in [2.45, 2.75) is 99.4 Å². The Hall–Kier alpha value is -2.65. The summed E-state index contributed by atoms with van der Waals surface area (Å²) in [5.74, 6) is -1.21. The van der Waals surface area contributed by atoms with Crippen LogP contribution in [0.25, 0.3) is 0 Å². The fourth-order valence-corrected chi connectivity index (χ4v) is 5.85. The maximum Gasteiger partial charge on any atom is 0.222 e. The molecule has 0 aromatic rings. The number of nitrogens with one attached hydrogen (secondary N) is 1. The molecular formula is C26H49N9O9. The Morgan fingerprint density at radius 1 is 1.16 bits per heavy atom. The van der Waals surface area contributed by atoms with Crippen LogP contribution in [0.15, 0.2) is 21.8 Å². The Kier molecular flexibility index (Phi) is 12.7. The van der Waals surface area contributed by atoms with Crippen LogP contribution in [-0.2, 0) is 23.7 Å². The Morgan fingerprint density at radius 2 is 1.84 bits per heavy atom. The van der Waals surface area contributed by atoms with Crippen LogP contribution in [0, 0.1) is 5.92 Å². The Morgan fingerprint density at radius 3 is 2.45 bits per heavy atom. The highest BCUT2D eigenvalue weighted by Crippen LogP contribution is 2.36. The number of likely N-dealkylation sites (N-methyl/N-ethyl adjacent to an activating group) is 1. The molecule has 2 fully saturated rings. The average molecular weight is 632 g/mol. The lowest BCUT2D eigenvalue weighted by Crippen LogP contribution is -2.67. The molecule has 18 heteroatoms. The molecule has 0 spiro atoms. The summed E-state index contributed by atoms with van der Waals surface area (Å²) in [5.41, 5.74) is 32.7. The fraction of sp³-hybridized carbons (Fsp3) is 0.808. The first-order valence-electron chi connectivity index (χ1n) is 14.5. The van der Waals surface area contributed by atoms with Gasteiger partial charge in [-0.1, -0.05) is 0 Å². The minimum Gasteiger partial charge on any atom is -0.466 e. The van der Waals surface area contributed by atoms with E-state index in [0.717, 1.165) is 0 Å². The normalized spacial score (nSPS) is 38.1. The van der Waals surface area contributed by atoms with E-state index in [-0.39, 0.29) is 50.9 Å². The number of rotatable bonds is 13. The molecule has 18 nitrogen and oxygen atoms in total. The summed E-state index contributed by atoms with van der Waals surface area (Å²) >= 11 is 0. The van der Waals surface area contributed by atoms with Crippen molar-refractivity contribution in [1.29, 1.82) is 0 Å². The van der Waals surface area contributed by atoms with E-state index in [0.29, 0.717) is 12.2 Å². The van der Waals surface area contributed by atoms with Crippen LogP contribution in [0.3, 0.4) is 0 Å². The molecule has 12 atom stereocenters. The third-order valence-electron chi connectivity index (χ3n) is 8.08. The van der Waals surface area contributed by atoms with E-state index < -0.39 is 78.5 Å². The third kappa shape index (κ3) is 8.96. The van der Waals surface area contributed by atoms with E-state index in [9.17, 15) is 25.2 Å². The van der Waals surface area contributed by atoms with Crippen molar-refractivity contribution in [1.82, 2.24) is 5.32 Å². The second-order valence-corrected chi connectivity index (χ2v) is 11.6. The Balaban J connectivity index is 1.86. The number of guanidine groups is 2. The maximum atomic E-state index is 13.0. The molecule has 0 amide bonds. The van der Waals surface area contributed by atoms with E-state index in [1.54, 1.807) is 13.1 Å². The van der Waals surface area contributed by atoms with Crippen LogP contribution in [0.1, 0.15) is 32.6 Å². The van der Waals surface area contributed by atoms with Crippen LogP contribution in [0.4, 0.5) is 0 Å². The molecule has 0 aromatic carbocycles. The zero-order valence-electron chi connectivity index (χ0n) is 25.1. The zero-order valence-corrected chi connectivity index (χ0v) is 25.1. The second-order valence-electron chi connectivity index (χ2n) is 11.6. The van der Waals surface area contributed by atoms with Gasteiger partial charge in [0.15, 0.2) is 24.0 Å². The predicted molar refractivity (Wildman–Crippen MR) is 158 cm³/mol. The molecule has 2 heterocycles. The third-order valence-corrected chi connectivity index (χ3v) is 8.08. The number of ketones is 1. The average Bonchev–Trinajstić information content (AvgIpc) is 2.94. The molecule has 0 radical (unpaired) electrons. The quantitative estimate of drug-likeness (QED) is 0.0668. The predicted octanol–water partition coefficient (Wildman–Crippen LogP) is -5.26. The molecule has 17 N–H and O–H groups in total. The van der Waals surface area contributed by atoms with Gasteiger partial charge < -0.3 is 79.1 Å². The van der Waals surface area contributed by atoms with Crippen molar-refractivity contribution in [3.8, 4) is 0 Å². The van der Waals surface area contributed by atoms with Crippen LogP contribution >= 0.6 is 0 Å². The van der Waals surface area contributed by atoms with Crippen molar-refractivity contribution >= 4 is 17.7 Å². The van der Waals surface area contributed by atoms with E-state index in [1.165, 1.54) is 6.92 Å². The molecule has 252 valence electrons. The molecule has 3 rings (SSSR count). The number of hydrogen-bond donors (Lipinski definition) is 11. The number of hydrogen-bond acceptors (Lipinski definition) is 14. The van der Waals surface area contributed by atoms with Gasteiger partial charge in [-0.05, 0) is 38.8 Å². The summed E-state index contributed by atoms with van der Waals surface area (Å²) in [6, 6.07) is -2.35. The molecule has 1 saturated carbocycles. The van der Waals surface area contributed by atoms with E-state index >= 15 is 0 Å². The van der Waals surface area contributed by atoms with Gasteiger partial charge in [0, 0.05) is 25.4 Å². The smallest absolute Gasteiger partial charge is 0.222 e. The number of carbonyl (C=O) groups is 1. The Labute approximate surface area is 255 Å². The number of aliphatic hydroxyl groups excluding tert-OH is 3. The summed E-state index contributed by atoms with van der Waals surface area (Å²) in [6.07, 6.45) is -6.98. The molecule has 0 aromatic heterocycles. The highest BCUT2D eigenvalue weighted by Gasteiger charge is 2.52. The first-order valence-corrected chi connectivity index (χ1v) is 14.5. The standard InChI is InChI=1S/C26H49N9O9/c1-26(40)10-41-23(18(39)21(26)33-2)43-19-11(8-16(37)15(36)5-6-34-24(29)30)7-13(28)20(17(19)38)44-22-14(35-25(31)32)4-3-12(9-27)42-22/h3,11,13-15,17-23,33,36,38-40H,4-10,27-28H2,1-2H3,(H4,29,30,34)(H4,31,32,35)/t11-,13-,14+,15-,17+,18+,19-,20?,21+,22+,23+,26-/m0/s1. The number of aliphatic imine (C=N–C) groups is 2. The van der Waals surface area contributed by atoms with Gasteiger partial charge in [-0.2, -0.15) is 0 Å². The minimum atomic E-state index is -1.47. The van der Waals surface area contributed by atoms with Gasteiger partial charge in [-0.15, -0.1) is 0 Å². The number of nitrogens with two attached hydrogens (primary N) is 6. The zero-order chi connectivity index (χ0) is 32.8. The monoisotopic (exact) mass is 631 g/mol. The Bertz CT molecular complexity index is 1050. The van der Waals surface area contributed by atoms with Gasteiger partial charge >= 0.3 is 0 Å². The van der Waals surface area contributed by atoms with Crippen LogP contribution in [0.2, 0.25) is 0 Å². The van der Waals surface area contributed by atoms with Gasteiger partial charge in [0.2, 0.25) is 6.29 Å². The first kappa shape index (κ1) is 35.8. The molecule has 3 aliphatic rings. The molecule has 1 unspecified atom stereocenters. The van der Waals surface area contributed by atoms with Crippen LogP contribution in [-0.4, -0.2) is 132 Å². The minimum absolute atomic E-state index is 0.0269. The number of nitrogens with zero attached hydrogens (tertiary/aromatic N) is 2. The summed E-state index contributed by atoms with van der Waals surface area (Å²) < 4.78 is 23.8. The highest BCUT2D eigenvalue weighted by atomic mass is 16.7. The topological polar surface area (TPSA) is 328 Å². The number of ether oxygens (including phenoxy) is 4. The SMILES string of the molecule is CN[C@@H]1[C@@H](O)[C@@H](O[C@H]2[C@H](CC(=O)[C@@H](O)CCN=C(N)N)C[C@H](N)C(O[C@H]3OC(CN)=CC[C@H]3N=C(N)N)[C@@H]2O)OC[C@]1(C)O. The summed E-state index contributed by atoms with van der Waals surface area (Å²) in [4.78, 5) is 21.0. The summed E-state index contributed by atoms with van der Waals surface area (Å²) in [5, 5.41) is 46.6. The van der Waals surface area contributed by atoms with Crippen molar-refractivity contribution in [3.05, 3.63) is 11.8 Å². The van der Waals surface area contributed by atoms with Crippen molar-refractivity contribution < 1.29 is 44.2 Å². The van der Waals surface area contributed by atoms with Gasteiger partial charge in [0.05, 0.1) is 25.3 Å². The molecule has 2 aliphatic heterocycles. The van der Waals surface area contributed by atoms with Gasteiger partial charge in [0.25, 0.3) is 0 Å². The molecular weight excluding hydrogens is 582 g/mol. The fourth-order valence-electron chi connectivity index (χ4n) is 5.85. The van der Waals surface area contributed by atoms with Crippen molar-refractivity contribution in [2.75, 3.05) is 26.7 Å². The van der Waals surface area contributed by atoms with Crippen molar-refractivity contribution in [3.63, 3.8) is 0 Å².